The van der Waals surface area contributed by atoms with E-state index >= 15 is 0 Å². The van der Waals surface area contributed by atoms with E-state index in [1.54, 1.807) is 31.2 Å². The minimum Gasteiger partial charge on any atom is -0.327 e. The Kier molecular flexibility index (Phi) is 3.85. The Hall–Kier alpha value is -3.81. The second-order valence-corrected chi connectivity index (χ2v) is 6.57. The number of fused-ring (bicyclic) bond motifs is 2. The summed E-state index contributed by atoms with van der Waals surface area (Å²) in [6.45, 7) is 3.08. The van der Waals surface area contributed by atoms with Gasteiger partial charge in [-0.05, 0) is 38.1 Å². The minimum atomic E-state index is -1.32. The third kappa shape index (κ3) is 2.42. The maximum atomic E-state index is 12.6. The second-order valence-electron chi connectivity index (χ2n) is 6.57. The van der Waals surface area contributed by atoms with Gasteiger partial charge in [-0.25, -0.2) is 4.79 Å². The van der Waals surface area contributed by atoms with Gasteiger partial charge in [0.25, 0.3) is 23.6 Å². The molecule has 1 unspecified atom stereocenters. The van der Waals surface area contributed by atoms with Gasteiger partial charge in [0, 0.05) is 0 Å². The van der Waals surface area contributed by atoms with Gasteiger partial charge in [-0.2, -0.15) is 0 Å². The highest BCUT2D eigenvalue weighted by atomic mass is 16.7. The molecular weight excluding hydrogens is 364 g/mol. The van der Waals surface area contributed by atoms with Gasteiger partial charge in [-0.3, -0.25) is 24.1 Å². The molecule has 0 aliphatic carbocycles. The van der Waals surface area contributed by atoms with Crippen molar-refractivity contribution in [2.45, 2.75) is 19.9 Å². The molecule has 2 heterocycles. The van der Waals surface area contributed by atoms with Crippen LogP contribution in [0, 0.1) is 6.92 Å². The lowest BCUT2D eigenvalue weighted by Crippen LogP contribution is -2.46. The van der Waals surface area contributed by atoms with Crippen LogP contribution in [0.15, 0.2) is 42.5 Å². The zero-order valence-electron chi connectivity index (χ0n) is 15.0. The number of rotatable bonds is 3. The lowest BCUT2D eigenvalue weighted by molar-refractivity contribution is -0.172. The average Bonchev–Trinajstić information content (AvgIpc) is 3.07. The number of imide groups is 2. The van der Waals surface area contributed by atoms with E-state index in [9.17, 15) is 24.0 Å². The predicted octanol–water partition coefficient (Wildman–Crippen LogP) is 1.73. The summed E-state index contributed by atoms with van der Waals surface area (Å²) in [4.78, 5) is 68.0. The molecule has 4 rings (SSSR count). The maximum Gasteiger partial charge on any atom is 0.355 e. The molecule has 0 N–H and O–H groups in total. The van der Waals surface area contributed by atoms with Gasteiger partial charge >= 0.3 is 5.97 Å². The highest BCUT2D eigenvalue weighted by molar-refractivity contribution is 6.23. The normalized spacial score (nSPS) is 16.4. The summed E-state index contributed by atoms with van der Waals surface area (Å²) in [6.07, 6.45) is 0. The van der Waals surface area contributed by atoms with Crippen LogP contribution in [0.3, 0.4) is 0 Å². The number of hydrogen-bond donors (Lipinski definition) is 0. The fourth-order valence-electron chi connectivity index (χ4n) is 3.25. The molecule has 2 aliphatic rings. The van der Waals surface area contributed by atoms with Crippen molar-refractivity contribution < 1.29 is 28.8 Å². The molecule has 4 amide bonds. The summed E-state index contributed by atoms with van der Waals surface area (Å²) >= 11 is 0. The van der Waals surface area contributed by atoms with Gasteiger partial charge < -0.3 is 4.84 Å². The number of carbonyl (C=O) groups is 5. The zero-order chi connectivity index (χ0) is 20.2. The third-order valence-corrected chi connectivity index (χ3v) is 4.74. The van der Waals surface area contributed by atoms with Crippen LogP contribution in [0.25, 0.3) is 0 Å². The smallest absolute Gasteiger partial charge is 0.327 e. The highest BCUT2D eigenvalue weighted by Gasteiger charge is 2.44. The second kappa shape index (κ2) is 6.12. The van der Waals surface area contributed by atoms with Gasteiger partial charge in [0.15, 0.2) is 0 Å². The zero-order valence-corrected chi connectivity index (χ0v) is 15.0. The van der Waals surface area contributed by atoms with Crippen molar-refractivity contribution in [2.75, 3.05) is 0 Å². The van der Waals surface area contributed by atoms with E-state index < -0.39 is 35.6 Å². The molecule has 2 aromatic carbocycles. The van der Waals surface area contributed by atoms with Gasteiger partial charge in [0.05, 0.1) is 22.3 Å². The van der Waals surface area contributed by atoms with E-state index in [0.717, 1.165) is 10.5 Å². The molecule has 2 aliphatic heterocycles. The first-order chi connectivity index (χ1) is 13.3. The van der Waals surface area contributed by atoms with Crippen LogP contribution in [0.2, 0.25) is 0 Å². The lowest BCUT2D eigenvalue weighted by atomic mass is 10.1. The van der Waals surface area contributed by atoms with Crippen LogP contribution in [0.4, 0.5) is 0 Å². The van der Waals surface area contributed by atoms with E-state index in [4.69, 9.17) is 4.84 Å². The summed E-state index contributed by atoms with van der Waals surface area (Å²) < 4.78 is 0. The minimum absolute atomic E-state index is 0.115. The third-order valence-electron chi connectivity index (χ3n) is 4.74. The Bertz CT molecular complexity index is 1050. The number of aryl methyl sites for hydroxylation is 1. The van der Waals surface area contributed by atoms with Crippen molar-refractivity contribution in [3.63, 3.8) is 0 Å². The molecule has 0 aromatic heterocycles. The topological polar surface area (TPSA) is 101 Å². The van der Waals surface area contributed by atoms with E-state index in [1.807, 2.05) is 0 Å². The Morgan fingerprint density at radius 3 is 1.96 bits per heavy atom. The number of benzene rings is 2. The largest absolute Gasteiger partial charge is 0.355 e. The predicted molar refractivity (Wildman–Crippen MR) is 94.2 cm³/mol. The van der Waals surface area contributed by atoms with Gasteiger partial charge in [-0.15, -0.1) is 0 Å². The molecule has 0 spiro atoms. The Morgan fingerprint density at radius 2 is 1.36 bits per heavy atom. The van der Waals surface area contributed by atoms with Crippen molar-refractivity contribution in [1.29, 1.82) is 0 Å². The fraction of sp³-hybridized carbons (Fsp3) is 0.150. The van der Waals surface area contributed by atoms with Crippen molar-refractivity contribution in [1.82, 2.24) is 9.96 Å². The molecule has 2 aromatic rings. The van der Waals surface area contributed by atoms with Crippen molar-refractivity contribution in [2.24, 2.45) is 0 Å². The Morgan fingerprint density at radius 1 is 0.821 bits per heavy atom. The summed E-state index contributed by atoms with van der Waals surface area (Å²) in [5.41, 5.74) is 1.41. The van der Waals surface area contributed by atoms with Crippen molar-refractivity contribution >= 4 is 29.6 Å². The summed E-state index contributed by atoms with van der Waals surface area (Å²) in [6, 6.07) is 9.51. The molecule has 1 atom stereocenters. The summed E-state index contributed by atoms with van der Waals surface area (Å²) in [5, 5.41) is 0.353. The molecule has 0 radical (unpaired) electrons. The van der Waals surface area contributed by atoms with Gasteiger partial charge in [0.2, 0.25) is 0 Å². The summed E-state index contributed by atoms with van der Waals surface area (Å²) in [7, 11) is 0. The molecule has 8 heteroatoms. The molecule has 0 fully saturated rings. The monoisotopic (exact) mass is 378 g/mol. The van der Waals surface area contributed by atoms with Crippen LogP contribution in [-0.4, -0.2) is 45.6 Å². The van der Waals surface area contributed by atoms with Crippen molar-refractivity contribution in [3.05, 3.63) is 70.3 Å². The molecular formula is C20H14N2O6. The van der Waals surface area contributed by atoms with E-state index in [-0.39, 0.29) is 22.3 Å². The number of nitrogens with zero attached hydrogens (tertiary/aromatic N) is 2. The highest BCUT2D eigenvalue weighted by Crippen LogP contribution is 2.27. The van der Waals surface area contributed by atoms with E-state index in [2.05, 4.69) is 0 Å². The number of hydroxylamine groups is 2. The average molecular weight is 378 g/mol. The van der Waals surface area contributed by atoms with Crippen LogP contribution < -0.4 is 0 Å². The van der Waals surface area contributed by atoms with Crippen LogP contribution in [0.1, 0.15) is 53.9 Å². The van der Waals surface area contributed by atoms with Gasteiger partial charge in [-0.1, -0.05) is 28.8 Å². The SMILES string of the molecule is Cc1ccc2c(c1)C(=O)N(C(C)C(=O)ON1C(=O)c3ccccc3C1=O)C2=O. The maximum absolute atomic E-state index is 12.6. The van der Waals surface area contributed by atoms with Crippen LogP contribution in [0.5, 0.6) is 0 Å². The molecule has 0 saturated heterocycles. The Labute approximate surface area is 159 Å². The number of amides is 4. The van der Waals surface area contributed by atoms with Crippen molar-refractivity contribution in [3.8, 4) is 0 Å². The molecule has 0 saturated carbocycles. The standard InChI is InChI=1S/C20H14N2O6/c1-10-7-8-14-15(9-10)17(24)21(16(14)23)11(2)20(27)28-22-18(25)12-5-3-4-6-13(12)19(22)26/h3-9,11H,1-2H3. The van der Waals surface area contributed by atoms with Crippen LogP contribution >= 0.6 is 0 Å². The quantitative estimate of drug-likeness (QED) is 0.754. The molecule has 28 heavy (non-hydrogen) atoms. The molecule has 8 nitrogen and oxygen atoms in total. The first kappa shape index (κ1) is 17.6. The van der Waals surface area contributed by atoms with Gasteiger partial charge in [0.1, 0.15) is 6.04 Å². The fourth-order valence-corrected chi connectivity index (χ4v) is 3.25. The lowest BCUT2D eigenvalue weighted by Gasteiger charge is -2.22. The first-order valence-corrected chi connectivity index (χ1v) is 8.49. The van der Waals surface area contributed by atoms with Crippen LogP contribution in [-0.2, 0) is 9.63 Å². The molecule has 140 valence electrons. The molecule has 0 bridgehead atoms. The number of hydrogen-bond acceptors (Lipinski definition) is 6. The Balaban J connectivity index is 1.56. The number of carbonyl (C=O) groups excluding carboxylic acids is 5. The van der Waals surface area contributed by atoms with E-state index in [0.29, 0.717) is 5.06 Å². The summed E-state index contributed by atoms with van der Waals surface area (Å²) in [5.74, 6) is -3.89. The van der Waals surface area contributed by atoms with E-state index in [1.165, 1.54) is 25.1 Å². The first-order valence-electron chi connectivity index (χ1n) is 8.49.